The van der Waals surface area contributed by atoms with Crippen molar-refractivity contribution in [2.75, 3.05) is 19.6 Å². The fourth-order valence-corrected chi connectivity index (χ4v) is 3.26. The highest BCUT2D eigenvalue weighted by atomic mass is 15.3. The van der Waals surface area contributed by atoms with Gasteiger partial charge < -0.3 is 5.32 Å². The lowest BCUT2D eigenvalue weighted by molar-refractivity contribution is 0.0713. The number of hydrogen-bond donors (Lipinski definition) is 1. The van der Waals surface area contributed by atoms with E-state index in [0.29, 0.717) is 17.0 Å². The van der Waals surface area contributed by atoms with E-state index >= 15 is 0 Å². The number of rotatable bonds is 5. The van der Waals surface area contributed by atoms with Crippen molar-refractivity contribution in [3.8, 4) is 0 Å². The molecule has 2 unspecified atom stereocenters. The monoisotopic (exact) mass is 238 g/mol. The Hall–Kier alpha value is -0.0800. The lowest BCUT2D eigenvalue weighted by Crippen LogP contribution is -2.62. The quantitative estimate of drug-likeness (QED) is 0.792. The molecule has 2 nitrogen and oxygen atoms in total. The Morgan fingerprint density at radius 1 is 1.29 bits per heavy atom. The molecular formula is C15H30N2. The molecule has 0 aromatic heterocycles. The Balaban J connectivity index is 1.94. The molecule has 0 spiro atoms. The van der Waals surface area contributed by atoms with Gasteiger partial charge >= 0.3 is 0 Å². The first kappa shape index (κ1) is 13.4. The topological polar surface area (TPSA) is 15.3 Å². The van der Waals surface area contributed by atoms with Crippen LogP contribution in [0.2, 0.25) is 0 Å². The summed E-state index contributed by atoms with van der Waals surface area (Å²) in [5, 5.41) is 3.72. The number of nitrogens with one attached hydrogen (secondary N) is 1. The van der Waals surface area contributed by atoms with Gasteiger partial charge in [0, 0.05) is 31.2 Å². The molecule has 2 aliphatic rings. The molecule has 1 N–H and O–H groups in total. The minimum atomic E-state index is 0.342. The summed E-state index contributed by atoms with van der Waals surface area (Å²) in [6.45, 7) is 13.1. The smallest absolute Gasteiger partial charge is 0.0278 e. The molecule has 2 heteroatoms. The zero-order valence-electron chi connectivity index (χ0n) is 12.2. The third-order valence-electron chi connectivity index (χ3n) is 5.06. The van der Waals surface area contributed by atoms with Gasteiger partial charge in [-0.3, -0.25) is 4.90 Å². The van der Waals surface area contributed by atoms with Crippen LogP contribution in [-0.4, -0.2) is 36.1 Å². The molecule has 100 valence electrons. The molecule has 0 aromatic carbocycles. The van der Waals surface area contributed by atoms with E-state index in [-0.39, 0.29) is 0 Å². The highest BCUT2D eigenvalue weighted by Gasteiger charge is 2.45. The standard InChI is InChI=1S/C15H30N2/c1-5-7-15(8-9-15)12-17-11-14(4,6-2)16-10-13(17)3/h13,16H,5-12H2,1-4H3. The van der Waals surface area contributed by atoms with E-state index in [1.807, 2.05) is 0 Å². The summed E-state index contributed by atoms with van der Waals surface area (Å²) in [7, 11) is 0. The van der Waals surface area contributed by atoms with E-state index in [4.69, 9.17) is 0 Å². The van der Waals surface area contributed by atoms with Crippen LogP contribution in [0.4, 0.5) is 0 Å². The molecule has 1 heterocycles. The van der Waals surface area contributed by atoms with Crippen molar-refractivity contribution in [3.63, 3.8) is 0 Å². The summed E-state index contributed by atoms with van der Waals surface area (Å²) in [5.41, 5.74) is 1.05. The summed E-state index contributed by atoms with van der Waals surface area (Å²) in [4.78, 5) is 2.75. The van der Waals surface area contributed by atoms with Gasteiger partial charge in [0.15, 0.2) is 0 Å². The van der Waals surface area contributed by atoms with Crippen molar-refractivity contribution in [3.05, 3.63) is 0 Å². The van der Waals surface area contributed by atoms with Gasteiger partial charge in [-0.05, 0) is 44.9 Å². The Morgan fingerprint density at radius 3 is 2.53 bits per heavy atom. The highest BCUT2D eigenvalue weighted by molar-refractivity contribution is 5.00. The van der Waals surface area contributed by atoms with Crippen LogP contribution in [0.1, 0.15) is 59.8 Å². The van der Waals surface area contributed by atoms with Gasteiger partial charge in [-0.2, -0.15) is 0 Å². The summed E-state index contributed by atoms with van der Waals surface area (Å²) in [6, 6.07) is 0.712. The highest BCUT2D eigenvalue weighted by Crippen LogP contribution is 2.50. The lowest BCUT2D eigenvalue weighted by Gasteiger charge is -2.46. The van der Waals surface area contributed by atoms with E-state index in [0.717, 1.165) is 6.54 Å². The second kappa shape index (κ2) is 4.89. The van der Waals surface area contributed by atoms with E-state index in [9.17, 15) is 0 Å². The van der Waals surface area contributed by atoms with Crippen LogP contribution in [0.15, 0.2) is 0 Å². The van der Waals surface area contributed by atoms with Gasteiger partial charge in [0.2, 0.25) is 0 Å². The second-order valence-corrected chi connectivity index (χ2v) is 6.80. The van der Waals surface area contributed by atoms with Crippen molar-refractivity contribution >= 4 is 0 Å². The molecule has 1 saturated heterocycles. The molecule has 2 atom stereocenters. The molecule has 0 bridgehead atoms. The van der Waals surface area contributed by atoms with Gasteiger partial charge in [-0.15, -0.1) is 0 Å². The van der Waals surface area contributed by atoms with Gasteiger partial charge in [0.1, 0.15) is 0 Å². The number of hydrogen-bond acceptors (Lipinski definition) is 2. The molecular weight excluding hydrogens is 208 g/mol. The summed E-state index contributed by atoms with van der Waals surface area (Å²) < 4.78 is 0. The molecule has 2 rings (SSSR count). The minimum absolute atomic E-state index is 0.342. The van der Waals surface area contributed by atoms with Crippen LogP contribution in [0.25, 0.3) is 0 Å². The van der Waals surface area contributed by atoms with E-state index in [1.165, 1.54) is 45.2 Å². The van der Waals surface area contributed by atoms with E-state index in [2.05, 4.69) is 37.9 Å². The van der Waals surface area contributed by atoms with Crippen molar-refractivity contribution < 1.29 is 0 Å². The largest absolute Gasteiger partial charge is 0.309 e. The lowest BCUT2D eigenvalue weighted by atomic mass is 9.91. The summed E-state index contributed by atoms with van der Waals surface area (Å²) >= 11 is 0. The third-order valence-corrected chi connectivity index (χ3v) is 5.06. The molecule has 17 heavy (non-hydrogen) atoms. The molecule has 0 radical (unpaired) electrons. The van der Waals surface area contributed by atoms with Crippen molar-refractivity contribution in [1.29, 1.82) is 0 Å². The van der Waals surface area contributed by atoms with Crippen LogP contribution in [0.5, 0.6) is 0 Å². The molecule has 2 fully saturated rings. The Bertz CT molecular complexity index is 260. The maximum absolute atomic E-state index is 3.72. The molecule has 0 aromatic rings. The molecule has 0 amide bonds. The first-order valence-corrected chi connectivity index (χ1v) is 7.52. The molecule has 1 aliphatic carbocycles. The Kier molecular flexibility index (Phi) is 3.84. The average molecular weight is 238 g/mol. The molecule has 1 aliphatic heterocycles. The third kappa shape index (κ3) is 3.03. The van der Waals surface area contributed by atoms with Gasteiger partial charge in [0.05, 0.1) is 0 Å². The predicted octanol–water partition coefficient (Wildman–Crippen LogP) is 3.03. The predicted molar refractivity (Wildman–Crippen MR) is 74.3 cm³/mol. The summed E-state index contributed by atoms with van der Waals surface area (Å²) in [5.74, 6) is 0. The maximum Gasteiger partial charge on any atom is 0.0278 e. The van der Waals surface area contributed by atoms with Gasteiger partial charge in [-0.1, -0.05) is 20.3 Å². The first-order chi connectivity index (χ1) is 8.02. The Morgan fingerprint density at radius 2 is 2.00 bits per heavy atom. The zero-order chi connectivity index (χ0) is 12.5. The summed E-state index contributed by atoms with van der Waals surface area (Å²) in [6.07, 6.45) is 6.97. The Labute approximate surface area is 107 Å². The first-order valence-electron chi connectivity index (χ1n) is 7.52. The van der Waals surface area contributed by atoms with Crippen LogP contribution in [-0.2, 0) is 0 Å². The number of nitrogens with zero attached hydrogens (tertiary/aromatic N) is 1. The van der Waals surface area contributed by atoms with Crippen LogP contribution in [0.3, 0.4) is 0 Å². The van der Waals surface area contributed by atoms with Crippen LogP contribution in [0, 0.1) is 5.41 Å². The van der Waals surface area contributed by atoms with Crippen LogP contribution < -0.4 is 5.32 Å². The zero-order valence-corrected chi connectivity index (χ0v) is 12.2. The maximum atomic E-state index is 3.72. The van der Waals surface area contributed by atoms with Crippen molar-refractivity contribution in [1.82, 2.24) is 10.2 Å². The fourth-order valence-electron chi connectivity index (χ4n) is 3.26. The normalized spacial score (nSPS) is 37.1. The second-order valence-electron chi connectivity index (χ2n) is 6.80. The van der Waals surface area contributed by atoms with Gasteiger partial charge in [0.25, 0.3) is 0 Å². The van der Waals surface area contributed by atoms with E-state index in [1.54, 1.807) is 0 Å². The molecule has 1 saturated carbocycles. The van der Waals surface area contributed by atoms with Gasteiger partial charge in [-0.25, -0.2) is 0 Å². The fraction of sp³-hybridized carbons (Fsp3) is 1.00. The van der Waals surface area contributed by atoms with Crippen LogP contribution >= 0.6 is 0 Å². The number of piperazine rings is 1. The van der Waals surface area contributed by atoms with Crippen molar-refractivity contribution in [2.24, 2.45) is 5.41 Å². The minimum Gasteiger partial charge on any atom is -0.309 e. The van der Waals surface area contributed by atoms with E-state index < -0.39 is 0 Å². The SMILES string of the molecule is CCCC1(CN2CC(C)(CC)NCC2C)CC1. The average Bonchev–Trinajstić information content (AvgIpc) is 3.04. The van der Waals surface area contributed by atoms with Crippen molar-refractivity contribution in [2.45, 2.75) is 71.4 Å².